The highest BCUT2D eigenvalue weighted by Crippen LogP contribution is 2.41. The smallest absolute Gasteiger partial charge is 0.336 e. The fraction of sp³-hybridized carbons (Fsp3) is 0.294. The molecule has 0 fully saturated rings. The van der Waals surface area contributed by atoms with E-state index >= 15 is 0 Å². The molecular formula is C17H17N3O6. The van der Waals surface area contributed by atoms with E-state index in [0.29, 0.717) is 22.3 Å². The van der Waals surface area contributed by atoms with Gasteiger partial charge in [0, 0.05) is 5.70 Å². The summed E-state index contributed by atoms with van der Waals surface area (Å²) in [5, 5.41) is 20.3. The predicted molar refractivity (Wildman–Crippen MR) is 88.5 cm³/mol. The number of hydrogen-bond donors (Lipinski definition) is 2. The lowest BCUT2D eigenvalue weighted by Crippen LogP contribution is -2.34. The summed E-state index contributed by atoms with van der Waals surface area (Å²) in [7, 11) is 2.48. The van der Waals surface area contributed by atoms with Crippen LogP contribution in [0.2, 0.25) is 0 Å². The number of benzene rings is 1. The second-order valence-corrected chi connectivity index (χ2v) is 5.61. The lowest BCUT2D eigenvalue weighted by atomic mass is 9.79. The first-order valence-corrected chi connectivity index (χ1v) is 7.73. The van der Waals surface area contributed by atoms with Gasteiger partial charge in [0.05, 0.1) is 43.6 Å². The summed E-state index contributed by atoms with van der Waals surface area (Å²) in [5.74, 6) is -2.17. The van der Waals surface area contributed by atoms with Crippen molar-refractivity contribution < 1.29 is 28.8 Å². The van der Waals surface area contributed by atoms with E-state index in [0.717, 1.165) is 0 Å². The molecule has 1 atom stereocenters. The lowest BCUT2D eigenvalue weighted by Gasteiger charge is -2.30. The maximum Gasteiger partial charge on any atom is 0.336 e. The van der Waals surface area contributed by atoms with Crippen LogP contribution in [-0.4, -0.2) is 48.2 Å². The number of rotatable bonds is 4. The van der Waals surface area contributed by atoms with E-state index in [1.807, 2.05) is 0 Å². The van der Waals surface area contributed by atoms with Crippen LogP contribution in [-0.2, 0) is 19.1 Å². The highest BCUT2D eigenvalue weighted by Gasteiger charge is 2.39. The number of ether oxygens (including phenoxy) is 2. The lowest BCUT2D eigenvalue weighted by molar-refractivity contribution is -0.137. The molecule has 1 aliphatic rings. The Bertz CT molecular complexity index is 943. The second kappa shape index (κ2) is 6.96. The third-order valence-electron chi connectivity index (χ3n) is 4.24. The van der Waals surface area contributed by atoms with Crippen LogP contribution in [0.4, 0.5) is 0 Å². The maximum absolute atomic E-state index is 12.5. The van der Waals surface area contributed by atoms with Crippen molar-refractivity contribution in [2.75, 3.05) is 20.8 Å². The summed E-state index contributed by atoms with van der Waals surface area (Å²) < 4.78 is 14.6. The van der Waals surface area contributed by atoms with E-state index < -0.39 is 24.5 Å². The van der Waals surface area contributed by atoms with E-state index in [1.54, 1.807) is 25.1 Å². The number of aliphatic hydroxyl groups is 1. The number of esters is 2. The van der Waals surface area contributed by atoms with E-state index in [1.165, 1.54) is 14.2 Å². The normalized spacial score (nSPS) is 17.3. The first-order chi connectivity index (χ1) is 12.5. The number of dihydropyridines is 1. The van der Waals surface area contributed by atoms with Gasteiger partial charge in [0.1, 0.15) is 11.0 Å². The molecule has 0 saturated heterocycles. The van der Waals surface area contributed by atoms with E-state index in [-0.39, 0.29) is 16.8 Å². The summed E-state index contributed by atoms with van der Waals surface area (Å²) in [6, 6.07) is 5.11. The van der Waals surface area contributed by atoms with Gasteiger partial charge in [0.2, 0.25) is 0 Å². The van der Waals surface area contributed by atoms with Crippen LogP contribution in [0.25, 0.3) is 11.0 Å². The Morgan fingerprint density at radius 3 is 2.54 bits per heavy atom. The minimum Gasteiger partial charge on any atom is -0.466 e. The number of allylic oxidation sites excluding steroid dienone is 1. The number of nitrogens with zero attached hydrogens (tertiary/aromatic N) is 2. The Morgan fingerprint density at radius 2 is 1.88 bits per heavy atom. The minimum absolute atomic E-state index is 0.0940. The molecule has 0 radical (unpaired) electrons. The topological polar surface area (TPSA) is 124 Å². The maximum atomic E-state index is 12.5. The van der Waals surface area contributed by atoms with Crippen LogP contribution in [0.5, 0.6) is 0 Å². The molecule has 0 saturated carbocycles. The molecule has 9 heteroatoms. The molecule has 0 amide bonds. The van der Waals surface area contributed by atoms with Gasteiger partial charge in [0.15, 0.2) is 0 Å². The van der Waals surface area contributed by atoms with Gasteiger partial charge in [-0.15, -0.1) is 0 Å². The Morgan fingerprint density at radius 1 is 1.19 bits per heavy atom. The average molecular weight is 359 g/mol. The Hall–Kier alpha value is -3.20. The molecule has 1 aliphatic heterocycles. The van der Waals surface area contributed by atoms with Gasteiger partial charge in [-0.2, -0.15) is 0 Å². The van der Waals surface area contributed by atoms with E-state index in [9.17, 15) is 14.7 Å². The summed E-state index contributed by atoms with van der Waals surface area (Å²) in [6.07, 6.45) is 0. The van der Waals surface area contributed by atoms with Crippen LogP contribution in [0, 0.1) is 0 Å². The van der Waals surface area contributed by atoms with Crippen molar-refractivity contribution in [1.29, 1.82) is 0 Å². The van der Waals surface area contributed by atoms with Crippen molar-refractivity contribution in [3.63, 3.8) is 0 Å². The molecule has 0 bridgehead atoms. The molecule has 1 unspecified atom stereocenters. The van der Waals surface area contributed by atoms with Gasteiger partial charge in [0.25, 0.3) is 0 Å². The number of fused-ring (bicyclic) bond motifs is 1. The highest BCUT2D eigenvalue weighted by molar-refractivity contribution is 6.01. The highest BCUT2D eigenvalue weighted by atomic mass is 16.6. The molecule has 0 spiro atoms. The van der Waals surface area contributed by atoms with Gasteiger partial charge in [-0.3, -0.25) is 0 Å². The van der Waals surface area contributed by atoms with E-state index in [2.05, 4.69) is 15.6 Å². The third kappa shape index (κ3) is 2.72. The van der Waals surface area contributed by atoms with Crippen molar-refractivity contribution in [1.82, 2.24) is 15.6 Å². The largest absolute Gasteiger partial charge is 0.466 e. The second-order valence-electron chi connectivity index (χ2n) is 5.61. The van der Waals surface area contributed by atoms with Gasteiger partial charge in [-0.05, 0) is 28.9 Å². The molecule has 1 aromatic carbocycles. The summed E-state index contributed by atoms with van der Waals surface area (Å²) in [4.78, 5) is 25.0. The van der Waals surface area contributed by atoms with Crippen LogP contribution < -0.4 is 5.32 Å². The SMILES string of the molecule is COC(=O)C1=C(C)NC(CO)=C(C(=O)OC)C1c1cccc2nonc12. The quantitative estimate of drug-likeness (QED) is 0.762. The van der Waals surface area contributed by atoms with Crippen molar-refractivity contribution >= 4 is 23.0 Å². The van der Waals surface area contributed by atoms with Crippen LogP contribution in [0.15, 0.2) is 45.4 Å². The first kappa shape index (κ1) is 17.6. The summed E-state index contributed by atoms with van der Waals surface area (Å²) in [6.45, 7) is 1.21. The number of hydrogen-bond acceptors (Lipinski definition) is 9. The fourth-order valence-electron chi connectivity index (χ4n) is 3.12. The van der Waals surface area contributed by atoms with Crippen molar-refractivity contribution in [3.05, 3.63) is 46.3 Å². The zero-order valence-corrected chi connectivity index (χ0v) is 14.4. The molecule has 2 aromatic rings. The van der Waals surface area contributed by atoms with Crippen LogP contribution in [0.3, 0.4) is 0 Å². The molecule has 0 aliphatic carbocycles. The molecule has 1 aromatic heterocycles. The molecule has 9 nitrogen and oxygen atoms in total. The van der Waals surface area contributed by atoms with Gasteiger partial charge in [-0.1, -0.05) is 12.1 Å². The Labute approximate surface area is 148 Å². The number of carbonyl (C=O) groups excluding carboxylic acids is 2. The summed E-state index contributed by atoms with van der Waals surface area (Å²) in [5.41, 5.74) is 2.37. The molecule has 136 valence electrons. The summed E-state index contributed by atoms with van der Waals surface area (Å²) >= 11 is 0. The zero-order valence-electron chi connectivity index (χ0n) is 14.4. The van der Waals surface area contributed by atoms with Crippen molar-refractivity contribution in [2.45, 2.75) is 12.8 Å². The van der Waals surface area contributed by atoms with Crippen molar-refractivity contribution in [3.8, 4) is 0 Å². The van der Waals surface area contributed by atoms with Gasteiger partial charge >= 0.3 is 11.9 Å². The van der Waals surface area contributed by atoms with Gasteiger partial charge < -0.3 is 19.9 Å². The number of methoxy groups -OCH3 is 2. The fourth-order valence-corrected chi connectivity index (χ4v) is 3.12. The Balaban J connectivity index is 2.33. The minimum atomic E-state index is -0.867. The van der Waals surface area contributed by atoms with Crippen LogP contribution in [0.1, 0.15) is 18.4 Å². The standard InChI is InChI=1S/C17H17N3O6/c1-8-12(16(22)24-2)13(14(17(23)25-3)11(7-21)18-8)9-5-4-6-10-15(9)20-26-19-10/h4-6,13,18,21H,7H2,1-3H3. The monoisotopic (exact) mass is 359 g/mol. The molecule has 3 rings (SSSR count). The predicted octanol–water partition coefficient (Wildman–Crippen LogP) is 0.776. The average Bonchev–Trinajstić information content (AvgIpc) is 3.14. The zero-order chi connectivity index (χ0) is 18.8. The molecular weight excluding hydrogens is 342 g/mol. The molecule has 26 heavy (non-hydrogen) atoms. The van der Waals surface area contributed by atoms with E-state index in [4.69, 9.17) is 14.1 Å². The number of carbonyl (C=O) groups is 2. The van der Waals surface area contributed by atoms with Crippen LogP contribution >= 0.6 is 0 Å². The number of nitrogens with one attached hydrogen (secondary N) is 1. The number of aliphatic hydroxyl groups excluding tert-OH is 1. The van der Waals surface area contributed by atoms with Crippen molar-refractivity contribution in [2.24, 2.45) is 0 Å². The third-order valence-corrected chi connectivity index (χ3v) is 4.24. The number of aromatic nitrogens is 2. The molecule has 2 heterocycles. The Kier molecular flexibility index (Phi) is 4.72. The molecule has 2 N–H and O–H groups in total. The van der Waals surface area contributed by atoms with Gasteiger partial charge in [-0.25, -0.2) is 14.2 Å². The first-order valence-electron chi connectivity index (χ1n) is 7.73.